The standard InChI is InChI=1S/C11H9N3O2/c1-5-2-3-7-6(4-5)8-9(11(15)16)13-14-10(8)12-7/h2-4H,1H3,(H,15,16)(H2,12,13,14). The van der Waals surface area contributed by atoms with E-state index in [-0.39, 0.29) is 5.69 Å². The second-order valence-corrected chi connectivity index (χ2v) is 3.80. The van der Waals surface area contributed by atoms with Gasteiger partial charge in [0.1, 0.15) is 0 Å². The highest BCUT2D eigenvalue weighted by molar-refractivity contribution is 6.14. The summed E-state index contributed by atoms with van der Waals surface area (Å²) in [5.74, 6) is -0.995. The molecule has 0 saturated carbocycles. The quantitative estimate of drug-likeness (QED) is 0.581. The molecule has 0 unspecified atom stereocenters. The monoisotopic (exact) mass is 215 g/mol. The largest absolute Gasteiger partial charge is 0.477 e. The van der Waals surface area contributed by atoms with Crippen molar-refractivity contribution >= 4 is 27.9 Å². The fraction of sp³-hybridized carbons (Fsp3) is 0.0909. The molecule has 3 N–H and O–H groups in total. The summed E-state index contributed by atoms with van der Waals surface area (Å²) in [6.07, 6.45) is 0. The van der Waals surface area contributed by atoms with Crippen molar-refractivity contribution in [2.75, 3.05) is 0 Å². The van der Waals surface area contributed by atoms with E-state index >= 15 is 0 Å². The van der Waals surface area contributed by atoms with E-state index in [0.29, 0.717) is 11.0 Å². The molecule has 5 heteroatoms. The first kappa shape index (κ1) is 8.96. The molecule has 0 radical (unpaired) electrons. The van der Waals surface area contributed by atoms with Gasteiger partial charge in [-0.2, -0.15) is 5.10 Å². The number of aromatic nitrogens is 3. The molecule has 16 heavy (non-hydrogen) atoms. The number of carboxylic acids is 1. The summed E-state index contributed by atoms with van der Waals surface area (Å²) in [6, 6.07) is 5.86. The number of hydrogen-bond donors (Lipinski definition) is 3. The number of carbonyl (C=O) groups is 1. The minimum absolute atomic E-state index is 0.131. The normalized spacial score (nSPS) is 11.3. The van der Waals surface area contributed by atoms with Gasteiger partial charge in [0, 0.05) is 10.9 Å². The fourth-order valence-corrected chi connectivity index (χ4v) is 1.95. The van der Waals surface area contributed by atoms with Gasteiger partial charge in [-0.1, -0.05) is 11.6 Å². The molecule has 0 bridgehead atoms. The molecule has 3 rings (SSSR count). The molecule has 80 valence electrons. The number of aromatic carboxylic acids is 1. The Morgan fingerprint density at radius 3 is 3.00 bits per heavy atom. The van der Waals surface area contributed by atoms with Crippen LogP contribution in [-0.2, 0) is 0 Å². The Morgan fingerprint density at radius 2 is 2.25 bits per heavy atom. The van der Waals surface area contributed by atoms with E-state index in [2.05, 4.69) is 15.2 Å². The highest BCUT2D eigenvalue weighted by Gasteiger charge is 2.16. The molecule has 0 aliphatic heterocycles. The zero-order valence-electron chi connectivity index (χ0n) is 8.53. The van der Waals surface area contributed by atoms with E-state index in [1.807, 2.05) is 25.1 Å². The van der Waals surface area contributed by atoms with Crippen LogP contribution in [0.3, 0.4) is 0 Å². The molecule has 5 nitrogen and oxygen atoms in total. The lowest BCUT2D eigenvalue weighted by atomic mass is 10.1. The number of benzene rings is 1. The van der Waals surface area contributed by atoms with Gasteiger partial charge < -0.3 is 10.1 Å². The van der Waals surface area contributed by atoms with Gasteiger partial charge >= 0.3 is 5.97 Å². The number of aromatic amines is 2. The van der Waals surface area contributed by atoms with Gasteiger partial charge in [0.2, 0.25) is 0 Å². The molecule has 1 aromatic carbocycles. The van der Waals surface area contributed by atoms with Crippen molar-refractivity contribution in [3.8, 4) is 0 Å². The fourth-order valence-electron chi connectivity index (χ4n) is 1.95. The van der Waals surface area contributed by atoms with E-state index in [9.17, 15) is 4.79 Å². The molecule has 0 spiro atoms. The minimum Gasteiger partial charge on any atom is -0.477 e. The maximum absolute atomic E-state index is 11.0. The average Bonchev–Trinajstić information content (AvgIpc) is 2.76. The number of nitrogens with one attached hydrogen (secondary N) is 2. The van der Waals surface area contributed by atoms with Crippen LogP contribution >= 0.6 is 0 Å². The van der Waals surface area contributed by atoms with Gasteiger partial charge in [0.25, 0.3) is 0 Å². The van der Waals surface area contributed by atoms with Gasteiger partial charge in [-0.25, -0.2) is 4.79 Å². The molecule has 0 saturated heterocycles. The van der Waals surface area contributed by atoms with E-state index in [0.717, 1.165) is 16.5 Å². The van der Waals surface area contributed by atoms with Crippen LogP contribution in [0.4, 0.5) is 0 Å². The zero-order valence-corrected chi connectivity index (χ0v) is 8.53. The number of hydrogen-bond acceptors (Lipinski definition) is 2. The summed E-state index contributed by atoms with van der Waals surface area (Å²) in [7, 11) is 0. The highest BCUT2D eigenvalue weighted by atomic mass is 16.4. The summed E-state index contributed by atoms with van der Waals surface area (Å²) in [5, 5.41) is 17.0. The maximum atomic E-state index is 11.0. The van der Waals surface area contributed by atoms with Crippen molar-refractivity contribution in [3.05, 3.63) is 29.5 Å². The first-order valence-electron chi connectivity index (χ1n) is 4.86. The smallest absolute Gasteiger partial charge is 0.354 e. The second kappa shape index (κ2) is 2.85. The molecule has 0 aliphatic rings. The lowest BCUT2D eigenvalue weighted by Crippen LogP contribution is -1.96. The molecule has 2 aromatic heterocycles. The third kappa shape index (κ3) is 1.05. The number of rotatable bonds is 1. The Kier molecular flexibility index (Phi) is 1.60. The van der Waals surface area contributed by atoms with Crippen molar-refractivity contribution < 1.29 is 9.90 Å². The van der Waals surface area contributed by atoms with E-state index in [1.165, 1.54) is 0 Å². The first-order valence-corrected chi connectivity index (χ1v) is 4.86. The molecular formula is C11H9N3O2. The predicted octanol–water partition coefficient (Wildman–Crippen LogP) is 2.05. The molecule has 2 heterocycles. The topological polar surface area (TPSA) is 81.8 Å². The Labute approximate surface area is 90.1 Å². The van der Waals surface area contributed by atoms with Crippen LogP contribution in [-0.4, -0.2) is 26.3 Å². The SMILES string of the molecule is Cc1ccc2[nH]c3n[nH]c(C(=O)O)c3c2c1. The lowest BCUT2D eigenvalue weighted by Gasteiger charge is -1.94. The van der Waals surface area contributed by atoms with Crippen LogP contribution in [0.5, 0.6) is 0 Å². The Hall–Kier alpha value is -2.30. The van der Waals surface area contributed by atoms with Crippen molar-refractivity contribution in [2.45, 2.75) is 6.92 Å². The molecule has 0 aliphatic carbocycles. The molecule has 0 atom stereocenters. The molecular weight excluding hydrogens is 206 g/mol. The van der Waals surface area contributed by atoms with Crippen LogP contribution in [0, 0.1) is 6.92 Å². The molecule has 3 aromatic rings. The lowest BCUT2D eigenvalue weighted by molar-refractivity contribution is 0.0692. The van der Waals surface area contributed by atoms with Crippen LogP contribution in [0.1, 0.15) is 16.1 Å². The van der Waals surface area contributed by atoms with Crippen molar-refractivity contribution in [3.63, 3.8) is 0 Å². The third-order valence-electron chi connectivity index (χ3n) is 2.68. The number of aryl methyl sites for hydroxylation is 1. The van der Waals surface area contributed by atoms with E-state index in [4.69, 9.17) is 5.11 Å². The Morgan fingerprint density at radius 1 is 1.44 bits per heavy atom. The summed E-state index contributed by atoms with van der Waals surface area (Å²) >= 11 is 0. The Bertz CT molecular complexity index is 708. The molecule has 0 amide bonds. The third-order valence-corrected chi connectivity index (χ3v) is 2.68. The van der Waals surface area contributed by atoms with Crippen LogP contribution < -0.4 is 0 Å². The Balaban J connectivity index is 2.52. The molecule has 0 fully saturated rings. The number of H-pyrrole nitrogens is 2. The summed E-state index contributed by atoms with van der Waals surface area (Å²) in [5.41, 5.74) is 2.70. The van der Waals surface area contributed by atoms with Gasteiger partial charge in [-0.3, -0.25) is 5.10 Å². The van der Waals surface area contributed by atoms with Crippen molar-refractivity contribution in [2.24, 2.45) is 0 Å². The van der Waals surface area contributed by atoms with Crippen LogP contribution in [0.2, 0.25) is 0 Å². The van der Waals surface area contributed by atoms with Gasteiger partial charge in [0.15, 0.2) is 11.3 Å². The number of carboxylic acid groups (broad SMARTS) is 1. The summed E-state index contributed by atoms with van der Waals surface area (Å²) in [6.45, 7) is 1.97. The van der Waals surface area contributed by atoms with Gasteiger partial charge in [-0.15, -0.1) is 0 Å². The average molecular weight is 215 g/mol. The minimum atomic E-state index is -0.995. The number of nitrogens with zero attached hydrogens (tertiary/aromatic N) is 1. The first-order chi connectivity index (χ1) is 7.66. The van der Waals surface area contributed by atoms with Gasteiger partial charge in [0.05, 0.1) is 5.39 Å². The maximum Gasteiger partial charge on any atom is 0.354 e. The van der Waals surface area contributed by atoms with Crippen molar-refractivity contribution in [1.82, 2.24) is 15.2 Å². The van der Waals surface area contributed by atoms with E-state index < -0.39 is 5.97 Å². The van der Waals surface area contributed by atoms with Crippen LogP contribution in [0.25, 0.3) is 21.9 Å². The van der Waals surface area contributed by atoms with Crippen molar-refractivity contribution in [1.29, 1.82) is 0 Å². The van der Waals surface area contributed by atoms with E-state index in [1.54, 1.807) is 0 Å². The van der Waals surface area contributed by atoms with Gasteiger partial charge in [-0.05, 0) is 19.1 Å². The second-order valence-electron chi connectivity index (χ2n) is 3.80. The predicted molar refractivity (Wildman–Crippen MR) is 59.6 cm³/mol. The zero-order chi connectivity index (χ0) is 11.3. The summed E-state index contributed by atoms with van der Waals surface area (Å²) in [4.78, 5) is 14.1. The summed E-state index contributed by atoms with van der Waals surface area (Å²) < 4.78 is 0. The highest BCUT2D eigenvalue weighted by Crippen LogP contribution is 2.27. The number of fused-ring (bicyclic) bond motifs is 3. The van der Waals surface area contributed by atoms with Crippen LogP contribution in [0.15, 0.2) is 18.2 Å².